The first-order valence-corrected chi connectivity index (χ1v) is 7.12. The van der Waals surface area contributed by atoms with Gasteiger partial charge in [0.25, 0.3) is 5.56 Å². The van der Waals surface area contributed by atoms with Crippen molar-refractivity contribution < 1.29 is 4.74 Å². The molecule has 0 fully saturated rings. The van der Waals surface area contributed by atoms with Gasteiger partial charge in [-0.1, -0.05) is 13.0 Å². The zero-order valence-corrected chi connectivity index (χ0v) is 13.0. The third-order valence-corrected chi connectivity index (χ3v) is 3.02. The van der Waals surface area contributed by atoms with Crippen molar-refractivity contribution in [1.29, 1.82) is 0 Å². The number of halogens is 1. The van der Waals surface area contributed by atoms with Crippen LogP contribution in [0.25, 0.3) is 0 Å². The van der Waals surface area contributed by atoms with Crippen LogP contribution in [0.1, 0.15) is 13.3 Å². The van der Waals surface area contributed by atoms with E-state index in [4.69, 9.17) is 4.74 Å². The third-order valence-electron chi connectivity index (χ3n) is 2.59. The number of nitrogens with one attached hydrogen (secondary N) is 1. The first kappa shape index (κ1) is 14.6. The molecule has 2 aromatic rings. The summed E-state index contributed by atoms with van der Waals surface area (Å²) in [6, 6.07) is 7.14. The van der Waals surface area contributed by atoms with Crippen molar-refractivity contribution in [2.45, 2.75) is 13.3 Å². The van der Waals surface area contributed by atoms with Crippen molar-refractivity contribution in [3.63, 3.8) is 0 Å². The molecule has 5 nitrogen and oxygen atoms in total. The van der Waals surface area contributed by atoms with Crippen LogP contribution in [-0.4, -0.2) is 16.2 Å². The van der Waals surface area contributed by atoms with Gasteiger partial charge in [-0.15, -0.1) is 0 Å². The molecular weight excluding hydrogens is 322 g/mol. The highest BCUT2D eigenvalue weighted by molar-refractivity contribution is 9.10. The minimum atomic E-state index is -0.116. The summed E-state index contributed by atoms with van der Waals surface area (Å²) in [7, 11) is 1.70. The first-order chi connectivity index (χ1) is 9.60. The highest BCUT2D eigenvalue weighted by Gasteiger charge is 2.05. The van der Waals surface area contributed by atoms with Crippen molar-refractivity contribution in [2.24, 2.45) is 7.05 Å². The fourth-order valence-corrected chi connectivity index (χ4v) is 2.21. The molecule has 0 aliphatic rings. The van der Waals surface area contributed by atoms with Gasteiger partial charge in [0.15, 0.2) is 0 Å². The SMILES string of the molecule is CCCOc1cccc(Nc2cc(Br)cn(C)c2=O)n1. The standard InChI is InChI=1S/C14H16BrN3O2/c1-3-7-20-13-6-4-5-12(17-13)16-11-8-10(15)9-18(2)14(11)19/h4-6,8-9H,3,7H2,1-2H3,(H,16,17). The van der Waals surface area contributed by atoms with Gasteiger partial charge in [0.1, 0.15) is 11.5 Å². The first-order valence-electron chi connectivity index (χ1n) is 6.33. The summed E-state index contributed by atoms with van der Waals surface area (Å²) in [6.07, 6.45) is 2.63. The molecule has 20 heavy (non-hydrogen) atoms. The van der Waals surface area contributed by atoms with Crippen LogP contribution in [0.15, 0.2) is 39.7 Å². The van der Waals surface area contributed by atoms with Crippen molar-refractivity contribution in [1.82, 2.24) is 9.55 Å². The van der Waals surface area contributed by atoms with Crippen LogP contribution in [0.4, 0.5) is 11.5 Å². The predicted molar refractivity (Wildman–Crippen MR) is 82.7 cm³/mol. The quantitative estimate of drug-likeness (QED) is 0.910. The summed E-state index contributed by atoms with van der Waals surface area (Å²) < 4.78 is 7.79. The van der Waals surface area contributed by atoms with Gasteiger partial charge in [-0.3, -0.25) is 4.79 Å². The molecule has 0 bridgehead atoms. The number of rotatable bonds is 5. The second-order valence-corrected chi connectivity index (χ2v) is 5.24. The smallest absolute Gasteiger partial charge is 0.274 e. The Morgan fingerprint density at radius 1 is 1.45 bits per heavy atom. The summed E-state index contributed by atoms with van der Waals surface area (Å²) in [4.78, 5) is 16.3. The van der Waals surface area contributed by atoms with Gasteiger partial charge in [-0.2, -0.15) is 4.98 Å². The van der Waals surface area contributed by atoms with E-state index in [9.17, 15) is 4.79 Å². The summed E-state index contributed by atoms with van der Waals surface area (Å²) in [5.74, 6) is 1.12. The molecule has 2 aromatic heterocycles. The molecule has 6 heteroatoms. The van der Waals surface area contributed by atoms with Gasteiger partial charge in [0.2, 0.25) is 5.88 Å². The Bertz CT molecular complexity index is 655. The number of hydrogen-bond donors (Lipinski definition) is 1. The fourth-order valence-electron chi connectivity index (χ4n) is 1.67. The largest absolute Gasteiger partial charge is 0.478 e. The van der Waals surface area contributed by atoms with Gasteiger partial charge >= 0.3 is 0 Å². The Morgan fingerprint density at radius 3 is 3.00 bits per heavy atom. The molecule has 1 N–H and O–H groups in total. The lowest BCUT2D eigenvalue weighted by molar-refractivity contribution is 0.306. The molecule has 2 heterocycles. The zero-order valence-electron chi connectivity index (χ0n) is 11.4. The van der Waals surface area contributed by atoms with E-state index in [1.807, 2.05) is 13.0 Å². The van der Waals surface area contributed by atoms with Crippen LogP contribution < -0.4 is 15.6 Å². The van der Waals surface area contributed by atoms with Crippen LogP contribution in [0.5, 0.6) is 5.88 Å². The Balaban J connectivity index is 2.24. The molecule has 0 radical (unpaired) electrons. The monoisotopic (exact) mass is 337 g/mol. The van der Waals surface area contributed by atoms with Gasteiger partial charge in [-0.05, 0) is 34.5 Å². The molecule has 0 unspecified atom stereocenters. The molecular formula is C14H16BrN3O2. The Labute approximate surface area is 125 Å². The molecule has 0 saturated carbocycles. The van der Waals surface area contributed by atoms with Crippen LogP contribution in [-0.2, 0) is 7.05 Å². The summed E-state index contributed by atoms with van der Waals surface area (Å²) in [5, 5.41) is 3.02. The number of aryl methyl sites for hydroxylation is 1. The van der Waals surface area contributed by atoms with Gasteiger partial charge in [0.05, 0.1) is 6.61 Å². The lowest BCUT2D eigenvalue weighted by Gasteiger charge is -2.09. The topological polar surface area (TPSA) is 56.1 Å². The van der Waals surface area contributed by atoms with Crippen LogP contribution in [0, 0.1) is 0 Å². The molecule has 0 aromatic carbocycles. The van der Waals surface area contributed by atoms with E-state index in [0.29, 0.717) is 24.0 Å². The number of anilines is 2. The lowest BCUT2D eigenvalue weighted by atomic mass is 10.4. The van der Waals surface area contributed by atoms with Crippen LogP contribution >= 0.6 is 15.9 Å². The predicted octanol–water partition coefficient (Wildman–Crippen LogP) is 3.08. The minimum Gasteiger partial charge on any atom is -0.478 e. The van der Waals surface area contributed by atoms with Crippen molar-refractivity contribution >= 4 is 27.4 Å². The van der Waals surface area contributed by atoms with Gasteiger partial charge in [-0.25, -0.2) is 0 Å². The molecule has 0 spiro atoms. The van der Waals surface area contributed by atoms with E-state index in [0.717, 1.165) is 10.9 Å². The minimum absolute atomic E-state index is 0.116. The molecule has 106 valence electrons. The molecule has 2 rings (SSSR count). The number of nitrogens with zero attached hydrogens (tertiary/aromatic N) is 2. The number of pyridine rings is 2. The summed E-state index contributed by atoms with van der Waals surface area (Å²) in [5.41, 5.74) is 0.344. The van der Waals surface area contributed by atoms with Crippen molar-refractivity contribution in [3.05, 3.63) is 45.3 Å². The maximum Gasteiger partial charge on any atom is 0.274 e. The maximum absolute atomic E-state index is 12.0. The Morgan fingerprint density at radius 2 is 2.25 bits per heavy atom. The normalized spacial score (nSPS) is 10.3. The molecule has 0 aliphatic heterocycles. The molecule has 0 amide bonds. The number of aromatic nitrogens is 2. The maximum atomic E-state index is 12.0. The summed E-state index contributed by atoms with van der Waals surface area (Å²) >= 11 is 3.36. The van der Waals surface area contributed by atoms with E-state index in [1.54, 1.807) is 31.4 Å². The number of ether oxygens (including phenoxy) is 1. The van der Waals surface area contributed by atoms with Crippen molar-refractivity contribution in [3.8, 4) is 5.88 Å². The van der Waals surface area contributed by atoms with Gasteiger partial charge < -0.3 is 14.6 Å². The molecule has 0 atom stereocenters. The highest BCUT2D eigenvalue weighted by atomic mass is 79.9. The Hall–Kier alpha value is -1.82. The average molecular weight is 338 g/mol. The van der Waals surface area contributed by atoms with E-state index >= 15 is 0 Å². The van der Waals surface area contributed by atoms with Crippen molar-refractivity contribution in [2.75, 3.05) is 11.9 Å². The van der Waals surface area contributed by atoms with E-state index < -0.39 is 0 Å². The highest BCUT2D eigenvalue weighted by Crippen LogP contribution is 2.17. The number of hydrogen-bond acceptors (Lipinski definition) is 4. The van der Waals surface area contributed by atoms with E-state index in [-0.39, 0.29) is 5.56 Å². The zero-order chi connectivity index (χ0) is 14.5. The van der Waals surface area contributed by atoms with E-state index in [1.165, 1.54) is 4.57 Å². The third kappa shape index (κ3) is 3.60. The molecule has 0 saturated heterocycles. The van der Waals surface area contributed by atoms with Gasteiger partial charge in [0, 0.05) is 23.8 Å². The molecule has 0 aliphatic carbocycles. The second-order valence-electron chi connectivity index (χ2n) is 4.32. The van der Waals surface area contributed by atoms with Crippen LogP contribution in [0.2, 0.25) is 0 Å². The van der Waals surface area contributed by atoms with E-state index in [2.05, 4.69) is 26.2 Å². The Kier molecular flexibility index (Phi) is 4.79. The second kappa shape index (κ2) is 6.56. The summed E-state index contributed by atoms with van der Waals surface area (Å²) in [6.45, 7) is 2.66. The lowest BCUT2D eigenvalue weighted by Crippen LogP contribution is -2.19. The average Bonchev–Trinajstić information content (AvgIpc) is 2.42. The van der Waals surface area contributed by atoms with Crippen LogP contribution in [0.3, 0.4) is 0 Å². The fraction of sp³-hybridized carbons (Fsp3) is 0.286.